The molecule has 0 saturated heterocycles. The van der Waals surface area contributed by atoms with Crippen molar-refractivity contribution in [2.24, 2.45) is 0 Å². The minimum atomic E-state index is -1.54. The number of ketones is 1. The molecule has 2 rings (SSSR count). The van der Waals surface area contributed by atoms with E-state index in [9.17, 15) is 14.7 Å². The minimum absolute atomic E-state index is 0.197. The van der Waals surface area contributed by atoms with Gasteiger partial charge in [-0.25, -0.2) is 4.79 Å². The highest BCUT2D eigenvalue weighted by Gasteiger charge is 2.47. The van der Waals surface area contributed by atoms with Gasteiger partial charge in [-0.05, 0) is 57.2 Å². The van der Waals surface area contributed by atoms with E-state index in [1.807, 2.05) is 6.07 Å². The molecule has 0 spiro atoms. The van der Waals surface area contributed by atoms with Crippen LogP contribution in [0.2, 0.25) is 0 Å². The summed E-state index contributed by atoms with van der Waals surface area (Å²) in [6.45, 7) is 1.76. The van der Waals surface area contributed by atoms with E-state index in [4.69, 9.17) is 15.1 Å². The largest absolute Gasteiger partial charge is 0.465 e. The Kier molecular flexibility index (Phi) is 6.63. The van der Waals surface area contributed by atoms with Crippen molar-refractivity contribution >= 4 is 27.8 Å². The zero-order chi connectivity index (χ0) is 20.2. The Labute approximate surface area is 166 Å². The average molecular weight is 439 g/mol. The van der Waals surface area contributed by atoms with Gasteiger partial charge in [-0.15, -0.1) is 0 Å². The molecule has 146 valence electrons. The lowest BCUT2D eigenvalue weighted by Gasteiger charge is -2.43. The van der Waals surface area contributed by atoms with E-state index in [1.54, 1.807) is 26.2 Å². The topological polar surface area (TPSA) is 120 Å². The summed E-state index contributed by atoms with van der Waals surface area (Å²) >= 11 is 3.31. The highest BCUT2D eigenvalue weighted by atomic mass is 79.9. The van der Waals surface area contributed by atoms with Crippen LogP contribution in [0.15, 0.2) is 22.7 Å². The van der Waals surface area contributed by atoms with Gasteiger partial charge in [0, 0.05) is 23.2 Å². The summed E-state index contributed by atoms with van der Waals surface area (Å²) in [6, 6.07) is 6.37. The van der Waals surface area contributed by atoms with Crippen molar-refractivity contribution in [2.45, 2.75) is 56.3 Å². The van der Waals surface area contributed by atoms with Crippen LogP contribution in [0.5, 0.6) is 0 Å². The van der Waals surface area contributed by atoms with Crippen molar-refractivity contribution in [2.75, 3.05) is 7.11 Å². The van der Waals surface area contributed by atoms with Crippen molar-refractivity contribution in [1.82, 2.24) is 5.32 Å². The lowest BCUT2D eigenvalue weighted by molar-refractivity contribution is -0.0933. The molecule has 0 bridgehead atoms. The maximum absolute atomic E-state index is 13.0. The first-order valence-electron chi connectivity index (χ1n) is 8.66. The zero-order valence-corrected chi connectivity index (χ0v) is 16.9. The zero-order valence-electron chi connectivity index (χ0n) is 15.3. The van der Waals surface area contributed by atoms with Crippen LogP contribution < -0.4 is 5.32 Å². The Bertz CT molecular complexity index is 766. The molecule has 8 heteroatoms. The van der Waals surface area contributed by atoms with Gasteiger partial charge >= 0.3 is 6.09 Å². The van der Waals surface area contributed by atoms with Crippen LogP contribution in [0.4, 0.5) is 4.79 Å². The third kappa shape index (κ3) is 4.86. The third-order valence-corrected chi connectivity index (χ3v) is 5.92. The second-order valence-corrected chi connectivity index (χ2v) is 7.96. The monoisotopic (exact) mass is 438 g/mol. The molecule has 1 aliphatic rings. The van der Waals surface area contributed by atoms with E-state index in [2.05, 4.69) is 21.2 Å². The number of nitriles is 1. The van der Waals surface area contributed by atoms with Crippen LogP contribution in [-0.4, -0.2) is 46.4 Å². The molecular formula is C19H23BrN2O5. The number of hydrogen-bond donors (Lipinski definition) is 3. The summed E-state index contributed by atoms with van der Waals surface area (Å²) in [6.07, 6.45) is 0.595. The van der Waals surface area contributed by atoms with Gasteiger partial charge in [0.05, 0.1) is 17.2 Å². The van der Waals surface area contributed by atoms with E-state index < -0.39 is 23.1 Å². The molecule has 1 atom stereocenters. The summed E-state index contributed by atoms with van der Waals surface area (Å²) in [5, 5.41) is 31.3. The number of ether oxygens (including phenoxy) is 1. The molecule has 0 heterocycles. The fourth-order valence-corrected chi connectivity index (χ4v) is 4.10. The number of nitrogens with zero attached hydrogens (tertiary/aromatic N) is 1. The van der Waals surface area contributed by atoms with E-state index in [1.165, 1.54) is 6.07 Å². The van der Waals surface area contributed by atoms with Gasteiger partial charge in [0.15, 0.2) is 5.78 Å². The van der Waals surface area contributed by atoms with E-state index in [0.717, 1.165) is 0 Å². The fourth-order valence-electron chi connectivity index (χ4n) is 3.68. The maximum Gasteiger partial charge on any atom is 0.404 e. The van der Waals surface area contributed by atoms with Crippen LogP contribution in [0.1, 0.15) is 54.9 Å². The second kappa shape index (κ2) is 8.38. The first-order chi connectivity index (χ1) is 12.6. The Morgan fingerprint density at radius 1 is 1.37 bits per heavy atom. The molecular weight excluding hydrogens is 416 g/mol. The number of rotatable bonds is 6. The molecule has 1 aliphatic carbocycles. The molecule has 0 aromatic heterocycles. The number of amides is 1. The lowest BCUT2D eigenvalue weighted by Crippen LogP contribution is -2.51. The third-order valence-electron chi connectivity index (χ3n) is 5.23. The number of carbonyl (C=O) groups is 2. The highest BCUT2D eigenvalue weighted by molar-refractivity contribution is 9.10. The summed E-state index contributed by atoms with van der Waals surface area (Å²) in [4.78, 5) is 23.8. The normalized spacial score (nSPS) is 26.0. The number of hydrogen-bond acceptors (Lipinski definition) is 5. The smallest absolute Gasteiger partial charge is 0.404 e. The molecule has 3 N–H and O–H groups in total. The summed E-state index contributed by atoms with van der Waals surface area (Å²) < 4.78 is 6.19. The van der Waals surface area contributed by atoms with Gasteiger partial charge in [0.25, 0.3) is 0 Å². The van der Waals surface area contributed by atoms with Crippen molar-refractivity contribution in [3.8, 4) is 6.07 Å². The second-order valence-electron chi connectivity index (χ2n) is 7.11. The fraction of sp³-hybridized carbons (Fsp3) is 0.526. The highest BCUT2D eigenvalue weighted by Crippen LogP contribution is 2.42. The van der Waals surface area contributed by atoms with Crippen molar-refractivity contribution in [3.05, 3.63) is 33.8 Å². The molecule has 0 aliphatic heterocycles. The molecule has 1 saturated carbocycles. The van der Waals surface area contributed by atoms with Gasteiger partial charge in [-0.1, -0.05) is 15.9 Å². The number of halogens is 1. The number of benzene rings is 1. The Balaban J connectivity index is 2.15. The SMILES string of the molecule is COC1(CC(C)NC(=O)O)CCC(O)(C(=O)c2cc(C#N)ccc2Br)CC1. The van der Waals surface area contributed by atoms with Gasteiger partial charge in [-0.2, -0.15) is 5.26 Å². The number of carboxylic acid groups (broad SMARTS) is 1. The van der Waals surface area contributed by atoms with Crippen LogP contribution >= 0.6 is 15.9 Å². The molecule has 27 heavy (non-hydrogen) atoms. The Hall–Kier alpha value is -1.95. The van der Waals surface area contributed by atoms with Crippen LogP contribution in [0.3, 0.4) is 0 Å². The minimum Gasteiger partial charge on any atom is -0.465 e. The van der Waals surface area contributed by atoms with Crippen molar-refractivity contribution in [3.63, 3.8) is 0 Å². The van der Waals surface area contributed by atoms with Crippen LogP contribution in [0, 0.1) is 11.3 Å². The van der Waals surface area contributed by atoms with Crippen LogP contribution in [-0.2, 0) is 4.74 Å². The van der Waals surface area contributed by atoms with Gasteiger partial charge in [-0.3, -0.25) is 4.79 Å². The number of methoxy groups -OCH3 is 1. The molecule has 0 radical (unpaired) electrons. The van der Waals surface area contributed by atoms with E-state index in [-0.39, 0.29) is 24.4 Å². The number of nitrogens with one attached hydrogen (secondary N) is 1. The molecule has 1 aromatic rings. The predicted molar refractivity (Wildman–Crippen MR) is 102 cm³/mol. The van der Waals surface area contributed by atoms with Crippen molar-refractivity contribution < 1.29 is 24.5 Å². The molecule has 1 amide bonds. The number of aliphatic hydroxyl groups is 1. The summed E-state index contributed by atoms with van der Waals surface area (Å²) in [5.74, 6) is -0.423. The predicted octanol–water partition coefficient (Wildman–Crippen LogP) is 3.24. The van der Waals surface area contributed by atoms with Crippen LogP contribution in [0.25, 0.3) is 0 Å². The van der Waals surface area contributed by atoms with Gasteiger partial charge in [0.2, 0.25) is 0 Å². The van der Waals surface area contributed by atoms with Gasteiger partial charge < -0.3 is 20.3 Å². The van der Waals surface area contributed by atoms with Gasteiger partial charge in [0.1, 0.15) is 5.60 Å². The average Bonchev–Trinajstić information content (AvgIpc) is 2.63. The molecule has 7 nitrogen and oxygen atoms in total. The number of carbonyl (C=O) groups excluding carboxylic acids is 1. The lowest BCUT2D eigenvalue weighted by atomic mass is 9.71. The number of Topliss-reactive ketones (excluding diaryl/α,β-unsaturated/α-hetero) is 1. The Morgan fingerprint density at radius 2 is 2.00 bits per heavy atom. The van der Waals surface area contributed by atoms with E-state index in [0.29, 0.717) is 29.3 Å². The first-order valence-corrected chi connectivity index (χ1v) is 9.45. The van der Waals surface area contributed by atoms with Crippen molar-refractivity contribution in [1.29, 1.82) is 5.26 Å². The van der Waals surface area contributed by atoms with E-state index >= 15 is 0 Å². The molecule has 1 fully saturated rings. The first kappa shape index (κ1) is 21.4. The molecule has 1 aromatic carbocycles. The maximum atomic E-state index is 13.0. The quantitative estimate of drug-likeness (QED) is 0.586. The molecule has 1 unspecified atom stereocenters. The summed E-state index contributed by atoms with van der Waals surface area (Å²) in [5.41, 5.74) is -1.51. The summed E-state index contributed by atoms with van der Waals surface area (Å²) in [7, 11) is 1.56. The standard InChI is InChI=1S/C19H23BrN2O5/c1-12(22-17(24)25)10-18(27-2)5-7-19(26,8-6-18)16(23)14-9-13(11-21)3-4-15(14)20/h3-4,9,12,22,26H,5-8,10H2,1-2H3,(H,24,25). The Morgan fingerprint density at radius 3 is 2.52 bits per heavy atom.